The first-order valence-electron chi connectivity index (χ1n) is 7.70. The van der Waals surface area contributed by atoms with Gasteiger partial charge in [-0.15, -0.1) is 0 Å². The molecule has 0 fully saturated rings. The quantitative estimate of drug-likeness (QED) is 0.470. The number of amides is 1. The molecule has 0 saturated carbocycles. The molecule has 0 aliphatic heterocycles. The summed E-state index contributed by atoms with van der Waals surface area (Å²) in [7, 11) is 0. The van der Waals surface area contributed by atoms with Gasteiger partial charge in [-0.25, -0.2) is 0 Å². The lowest BCUT2D eigenvalue weighted by molar-refractivity contribution is -0.384. The lowest BCUT2D eigenvalue weighted by Gasteiger charge is -2.11. The Bertz CT molecular complexity index is 907. The van der Waals surface area contributed by atoms with Crippen molar-refractivity contribution >= 4 is 22.5 Å². The number of rotatable bonds is 6. The Morgan fingerprint density at radius 3 is 2.76 bits per heavy atom. The van der Waals surface area contributed by atoms with Gasteiger partial charge in [0.05, 0.1) is 16.5 Å². The highest BCUT2D eigenvalue weighted by atomic mass is 16.6. The fraction of sp³-hybridized carbons (Fsp3) is 0.176. The highest BCUT2D eigenvalue weighted by Gasteiger charge is 2.17. The number of fused-ring (bicyclic) bond motifs is 1. The number of hydrogen-bond donors (Lipinski definition) is 3. The van der Waals surface area contributed by atoms with Crippen LogP contribution < -0.4 is 5.32 Å². The number of nitro benzene ring substituents is 1. The van der Waals surface area contributed by atoms with Crippen molar-refractivity contribution in [3.63, 3.8) is 0 Å². The molecule has 0 radical (unpaired) electrons. The summed E-state index contributed by atoms with van der Waals surface area (Å²) in [4.78, 5) is 22.6. The number of benzene rings is 2. The van der Waals surface area contributed by atoms with Gasteiger partial charge < -0.3 is 10.4 Å². The molecule has 1 unspecified atom stereocenters. The van der Waals surface area contributed by atoms with Crippen LogP contribution in [0.2, 0.25) is 0 Å². The number of aromatic amines is 1. The lowest BCUT2D eigenvalue weighted by Crippen LogP contribution is -2.26. The van der Waals surface area contributed by atoms with Crippen LogP contribution in [0.5, 0.6) is 0 Å². The molecule has 1 aromatic heterocycles. The fourth-order valence-corrected chi connectivity index (χ4v) is 2.54. The fourth-order valence-electron chi connectivity index (χ4n) is 2.54. The summed E-state index contributed by atoms with van der Waals surface area (Å²) in [5.74, 6) is -0.452. The Balaban J connectivity index is 1.66. The van der Waals surface area contributed by atoms with E-state index in [4.69, 9.17) is 0 Å². The monoisotopic (exact) mass is 340 g/mol. The van der Waals surface area contributed by atoms with Crippen molar-refractivity contribution in [3.05, 3.63) is 69.9 Å². The number of nitrogens with zero attached hydrogens (tertiary/aromatic N) is 2. The third kappa shape index (κ3) is 3.64. The molecule has 25 heavy (non-hydrogen) atoms. The Morgan fingerprint density at radius 2 is 2.04 bits per heavy atom. The summed E-state index contributed by atoms with van der Waals surface area (Å²) >= 11 is 0. The molecule has 0 spiro atoms. The molecule has 0 bridgehead atoms. The third-order valence-electron chi connectivity index (χ3n) is 3.86. The van der Waals surface area contributed by atoms with Gasteiger partial charge in [-0.3, -0.25) is 20.0 Å². The summed E-state index contributed by atoms with van der Waals surface area (Å²) < 4.78 is 0. The van der Waals surface area contributed by atoms with Gasteiger partial charge in [0.2, 0.25) is 0 Å². The number of aliphatic hydroxyl groups excluding tert-OH is 1. The van der Waals surface area contributed by atoms with Crippen LogP contribution in [0.1, 0.15) is 28.6 Å². The van der Waals surface area contributed by atoms with Gasteiger partial charge in [-0.2, -0.15) is 5.10 Å². The van der Waals surface area contributed by atoms with Gasteiger partial charge in [0.25, 0.3) is 11.6 Å². The number of hydrogen-bond acceptors (Lipinski definition) is 5. The number of nitrogens with one attached hydrogen (secondary N) is 2. The Morgan fingerprint density at radius 1 is 1.28 bits per heavy atom. The summed E-state index contributed by atoms with van der Waals surface area (Å²) in [5, 5.41) is 30.6. The van der Waals surface area contributed by atoms with Crippen LogP contribution in [0.4, 0.5) is 5.69 Å². The molecular weight excluding hydrogens is 324 g/mol. The molecule has 1 atom stereocenters. The standard InChI is InChI=1S/C17H16N4O4/c22-15(11-4-2-1-3-5-11)8-9-18-17(23)16-13-10-12(21(24)25)6-7-14(13)19-20-16/h1-7,10,15,22H,8-9H2,(H,18,23)(H,19,20). The molecule has 0 saturated heterocycles. The maximum absolute atomic E-state index is 12.3. The molecule has 3 aromatic rings. The maximum Gasteiger partial charge on any atom is 0.272 e. The average molecular weight is 340 g/mol. The Hall–Kier alpha value is -3.26. The van der Waals surface area contributed by atoms with E-state index >= 15 is 0 Å². The molecule has 1 amide bonds. The van der Waals surface area contributed by atoms with Gasteiger partial charge in [0.15, 0.2) is 5.69 Å². The predicted molar refractivity (Wildman–Crippen MR) is 91.1 cm³/mol. The minimum absolute atomic E-state index is 0.0906. The van der Waals surface area contributed by atoms with Crippen LogP contribution in [0.25, 0.3) is 10.9 Å². The van der Waals surface area contributed by atoms with Crippen LogP contribution >= 0.6 is 0 Å². The molecule has 1 heterocycles. The van der Waals surface area contributed by atoms with E-state index in [-0.39, 0.29) is 17.9 Å². The van der Waals surface area contributed by atoms with Crippen molar-refractivity contribution in [2.24, 2.45) is 0 Å². The largest absolute Gasteiger partial charge is 0.388 e. The first-order valence-corrected chi connectivity index (χ1v) is 7.70. The van der Waals surface area contributed by atoms with Crippen molar-refractivity contribution in [1.29, 1.82) is 0 Å². The minimum Gasteiger partial charge on any atom is -0.388 e. The van der Waals surface area contributed by atoms with Crippen molar-refractivity contribution in [2.75, 3.05) is 6.54 Å². The number of carbonyl (C=O) groups is 1. The zero-order valence-corrected chi connectivity index (χ0v) is 13.2. The molecule has 0 aliphatic rings. The van der Waals surface area contributed by atoms with Crippen molar-refractivity contribution in [3.8, 4) is 0 Å². The zero-order valence-electron chi connectivity index (χ0n) is 13.2. The van der Waals surface area contributed by atoms with Crippen LogP contribution in [-0.4, -0.2) is 32.7 Å². The zero-order chi connectivity index (χ0) is 17.8. The van der Waals surface area contributed by atoms with E-state index in [9.17, 15) is 20.0 Å². The average Bonchev–Trinajstić information content (AvgIpc) is 3.05. The minimum atomic E-state index is -0.682. The highest BCUT2D eigenvalue weighted by molar-refractivity contribution is 6.05. The first-order chi connectivity index (χ1) is 12.1. The summed E-state index contributed by atoms with van der Waals surface area (Å²) in [6, 6.07) is 13.3. The second-order valence-electron chi connectivity index (χ2n) is 5.53. The van der Waals surface area contributed by atoms with Gasteiger partial charge in [0, 0.05) is 24.1 Å². The van der Waals surface area contributed by atoms with E-state index < -0.39 is 16.9 Å². The van der Waals surface area contributed by atoms with Gasteiger partial charge >= 0.3 is 0 Å². The van der Waals surface area contributed by atoms with E-state index in [1.807, 2.05) is 30.3 Å². The molecule has 0 aliphatic carbocycles. The smallest absolute Gasteiger partial charge is 0.272 e. The van der Waals surface area contributed by atoms with Crippen LogP contribution in [0.3, 0.4) is 0 Å². The van der Waals surface area contributed by atoms with Gasteiger partial charge in [-0.1, -0.05) is 30.3 Å². The van der Waals surface area contributed by atoms with E-state index in [0.717, 1.165) is 5.56 Å². The Kier molecular flexibility index (Phi) is 4.71. The molecule has 8 nitrogen and oxygen atoms in total. The third-order valence-corrected chi connectivity index (χ3v) is 3.86. The van der Waals surface area contributed by atoms with Crippen LogP contribution in [0.15, 0.2) is 48.5 Å². The molecule has 3 rings (SSSR count). The molecular formula is C17H16N4O4. The lowest BCUT2D eigenvalue weighted by atomic mass is 10.1. The number of aromatic nitrogens is 2. The highest BCUT2D eigenvalue weighted by Crippen LogP contribution is 2.22. The number of aliphatic hydroxyl groups is 1. The molecule has 3 N–H and O–H groups in total. The predicted octanol–water partition coefficient (Wildman–Crippen LogP) is 2.32. The SMILES string of the molecule is O=C(NCCC(O)c1ccccc1)c1n[nH]c2ccc([N+](=O)[O-])cc12. The molecule has 128 valence electrons. The van der Waals surface area contributed by atoms with E-state index in [1.54, 1.807) is 0 Å². The number of nitro groups is 1. The van der Waals surface area contributed by atoms with E-state index in [1.165, 1.54) is 18.2 Å². The topological polar surface area (TPSA) is 121 Å². The number of non-ortho nitro benzene ring substituents is 1. The first kappa shape index (κ1) is 16.6. The van der Waals surface area contributed by atoms with Crippen LogP contribution in [-0.2, 0) is 0 Å². The normalized spacial score (nSPS) is 12.0. The van der Waals surface area contributed by atoms with Crippen LogP contribution in [0, 0.1) is 10.1 Å². The van der Waals surface area contributed by atoms with Gasteiger partial charge in [-0.05, 0) is 18.1 Å². The maximum atomic E-state index is 12.3. The van der Waals surface area contributed by atoms with Crippen molar-refractivity contribution < 1.29 is 14.8 Å². The molecule has 2 aromatic carbocycles. The van der Waals surface area contributed by atoms with Crippen molar-refractivity contribution in [2.45, 2.75) is 12.5 Å². The summed E-state index contributed by atoms with van der Waals surface area (Å²) in [6.07, 6.45) is -0.336. The van der Waals surface area contributed by atoms with E-state index in [2.05, 4.69) is 15.5 Å². The number of carbonyl (C=O) groups excluding carboxylic acids is 1. The second kappa shape index (κ2) is 7.10. The van der Waals surface area contributed by atoms with Crippen molar-refractivity contribution in [1.82, 2.24) is 15.5 Å². The second-order valence-corrected chi connectivity index (χ2v) is 5.53. The Labute approximate surface area is 142 Å². The van der Waals surface area contributed by atoms with E-state index in [0.29, 0.717) is 17.3 Å². The number of H-pyrrole nitrogens is 1. The summed E-state index contributed by atoms with van der Waals surface area (Å²) in [6.45, 7) is 0.248. The van der Waals surface area contributed by atoms with Gasteiger partial charge in [0.1, 0.15) is 0 Å². The summed E-state index contributed by atoms with van der Waals surface area (Å²) in [5.41, 5.74) is 1.30. The molecule has 8 heteroatoms.